The quantitative estimate of drug-likeness (QED) is 0.569. The number of hydrogen-bond acceptors (Lipinski definition) is 4. The van der Waals surface area contributed by atoms with Crippen LogP contribution in [0.15, 0.2) is 35.3 Å². The van der Waals surface area contributed by atoms with Crippen molar-refractivity contribution in [1.29, 1.82) is 0 Å². The summed E-state index contributed by atoms with van der Waals surface area (Å²) in [5, 5.41) is 0. The molecule has 3 N–H and O–H groups in total. The van der Waals surface area contributed by atoms with Gasteiger partial charge in [0.25, 0.3) is 0 Å². The van der Waals surface area contributed by atoms with Gasteiger partial charge >= 0.3 is 0 Å². The van der Waals surface area contributed by atoms with Gasteiger partial charge in [0.1, 0.15) is 5.84 Å². The zero-order chi connectivity index (χ0) is 11.2. The van der Waals surface area contributed by atoms with E-state index >= 15 is 0 Å². The van der Waals surface area contributed by atoms with Crippen LogP contribution in [0.1, 0.15) is 12.0 Å². The van der Waals surface area contributed by atoms with Crippen LogP contribution in [0.2, 0.25) is 0 Å². The molecule has 1 aliphatic rings. The van der Waals surface area contributed by atoms with Crippen LogP contribution in [0, 0.1) is 0 Å². The number of nitrogens with one attached hydrogen (secondary N) is 1. The van der Waals surface area contributed by atoms with Crippen LogP contribution >= 0.6 is 0 Å². The van der Waals surface area contributed by atoms with Gasteiger partial charge in [0.2, 0.25) is 0 Å². The Bertz CT molecular complexity index is 347. The molecule has 16 heavy (non-hydrogen) atoms. The lowest BCUT2D eigenvalue weighted by Crippen LogP contribution is -2.32. The number of amidine groups is 1. The van der Waals surface area contributed by atoms with Gasteiger partial charge < -0.3 is 5.43 Å². The summed E-state index contributed by atoms with van der Waals surface area (Å²) in [7, 11) is 0. The fourth-order valence-corrected chi connectivity index (χ4v) is 1.90. The van der Waals surface area contributed by atoms with Crippen molar-refractivity contribution < 1.29 is 0 Å². The highest BCUT2D eigenvalue weighted by Gasteiger charge is 2.10. The van der Waals surface area contributed by atoms with Gasteiger partial charge in [-0.15, -0.1) is 0 Å². The molecule has 0 aliphatic carbocycles. The van der Waals surface area contributed by atoms with Crippen LogP contribution in [0.3, 0.4) is 0 Å². The summed E-state index contributed by atoms with van der Waals surface area (Å²) in [5.74, 6) is 6.28. The third-order valence-corrected chi connectivity index (χ3v) is 2.80. The van der Waals surface area contributed by atoms with E-state index in [1.807, 2.05) is 6.07 Å². The minimum absolute atomic E-state index is 0.826. The molecule has 86 valence electrons. The predicted molar refractivity (Wildman–Crippen MR) is 66.0 cm³/mol. The second-order valence-electron chi connectivity index (χ2n) is 3.98. The van der Waals surface area contributed by atoms with Gasteiger partial charge in [-0.3, -0.25) is 9.89 Å². The molecule has 1 aromatic carbocycles. The largest absolute Gasteiger partial charge is 0.312 e. The molecule has 0 saturated heterocycles. The number of benzene rings is 1. The molecule has 1 heterocycles. The van der Waals surface area contributed by atoms with Gasteiger partial charge in [-0.2, -0.15) is 0 Å². The first-order valence-corrected chi connectivity index (χ1v) is 5.64. The zero-order valence-corrected chi connectivity index (χ0v) is 9.39. The molecule has 1 aliphatic heterocycles. The summed E-state index contributed by atoms with van der Waals surface area (Å²) >= 11 is 0. The third-order valence-electron chi connectivity index (χ3n) is 2.80. The highest BCUT2D eigenvalue weighted by Crippen LogP contribution is 2.06. The summed E-state index contributed by atoms with van der Waals surface area (Å²) in [5.41, 5.74) is 4.01. The Morgan fingerprint density at radius 1 is 1.25 bits per heavy atom. The average Bonchev–Trinajstić information content (AvgIpc) is 2.56. The lowest BCUT2D eigenvalue weighted by atomic mass is 10.2. The first-order chi connectivity index (χ1) is 7.88. The molecule has 2 rings (SSSR count). The van der Waals surface area contributed by atoms with Crippen LogP contribution < -0.4 is 11.3 Å². The molecule has 4 nitrogen and oxygen atoms in total. The summed E-state index contributed by atoms with van der Waals surface area (Å²) < 4.78 is 0. The number of rotatable bonds is 2. The molecule has 0 atom stereocenters. The van der Waals surface area contributed by atoms with E-state index in [1.54, 1.807) is 0 Å². The molecular weight excluding hydrogens is 200 g/mol. The van der Waals surface area contributed by atoms with E-state index in [-0.39, 0.29) is 0 Å². The minimum atomic E-state index is 0.826. The smallest absolute Gasteiger partial charge is 0.112 e. The Labute approximate surface area is 96.1 Å². The summed E-state index contributed by atoms with van der Waals surface area (Å²) in [6.07, 6.45) is 0.906. The zero-order valence-electron chi connectivity index (χ0n) is 9.39. The van der Waals surface area contributed by atoms with E-state index in [0.29, 0.717) is 0 Å². The number of hydrogen-bond donors (Lipinski definition) is 2. The van der Waals surface area contributed by atoms with Gasteiger partial charge in [-0.05, 0) is 5.56 Å². The Morgan fingerprint density at radius 3 is 2.81 bits per heavy atom. The monoisotopic (exact) mass is 218 g/mol. The normalized spacial score (nSPS) is 17.7. The maximum Gasteiger partial charge on any atom is 0.112 e. The molecular formula is C12H18N4. The van der Waals surface area contributed by atoms with Crippen molar-refractivity contribution in [3.63, 3.8) is 0 Å². The van der Waals surface area contributed by atoms with E-state index in [2.05, 4.69) is 39.6 Å². The first kappa shape index (κ1) is 11.1. The molecule has 4 heteroatoms. The molecule has 0 amide bonds. The van der Waals surface area contributed by atoms with Crippen molar-refractivity contribution >= 4 is 5.84 Å². The van der Waals surface area contributed by atoms with Gasteiger partial charge in [0.05, 0.1) is 6.54 Å². The lowest BCUT2D eigenvalue weighted by molar-refractivity contribution is 0.286. The fourth-order valence-electron chi connectivity index (χ4n) is 1.90. The number of nitrogens with zero attached hydrogens (tertiary/aromatic N) is 2. The summed E-state index contributed by atoms with van der Waals surface area (Å²) in [4.78, 5) is 6.78. The van der Waals surface area contributed by atoms with Crippen LogP contribution in [-0.2, 0) is 6.54 Å². The molecule has 0 unspecified atom stereocenters. The van der Waals surface area contributed by atoms with E-state index in [9.17, 15) is 0 Å². The molecule has 0 spiro atoms. The molecule has 0 bridgehead atoms. The Kier molecular flexibility index (Phi) is 3.91. The maximum atomic E-state index is 5.37. The van der Waals surface area contributed by atoms with Gasteiger partial charge in [-0.25, -0.2) is 5.84 Å². The van der Waals surface area contributed by atoms with E-state index in [0.717, 1.165) is 38.4 Å². The Hall–Kier alpha value is -1.39. The minimum Gasteiger partial charge on any atom is -0.312 e. The Balaban J connectivity index is 1.89. The topological polar surface area (TPSA) is 53.6 Å². The van der Waals surface area contributed by atoms with Crippen molar-refractivity contribution in [2.75, 3.05) is 19.6 Å². The summed E-state index contributed by atoms with van der Waals surface area (Å²) in [6, 6.07) is 10.5. The van der Waals surface area contributed by atoms with E-state index < -0.39 is 0 Å². The maximum absolute atomic E-state index is 5.37. The van der Waals surface area contributed by atoms with Crippen molar-refractivity contribution in [3.05, 3.63) is 35.9 Å². The van der Waals surface area contributed by atoms with Crippen LogP contribution in [0.25, 0.3) is 0 Å². The van der Waals surface area contributed by atoms with Gasteiger partial charge in [0, 0.05) is 26.1 Å². The highest BCUT2D eigenvalue weighted by molar-refractivity contribution is 5.81. The fraction of sp³-hybridized carbons (Fsp3) is 0.417. The van der Waals surface area contributed by atoms with E-state index in [1.165, 1.54) is 5.56 Å². The van der Waals surface area contributed by atoms with Crippen molar-refractivity contribution in [2.45, 2.75) is 13.0 Å². The molecule has 0 fully saturated rings. The van der Waals surface area contributed by atoms with Crippen molar-refractivity contribution in [1.82, 2.24) is 10.3 Å². The van der Waals surface area contributed by atoms with E-state index in [4.69, 9.17) is 5.84 Å². The highest BCUT2D eigenvalue weighted by atomic mass is 15.3. The number of hydrazine groups is 1. The third kappa shape index (κ3) is 3.05. The molecule has 1 aromatic rings. The van der Waals surface area contributed by atoms with Crippen LogP contribution in [-0.4, -0.2) is 30.4 Å². The summed E-state index contributed by atoms with van der Waals surface area (Å²) in [6.45, 7) is 3.83. The van der Waals surface area contributed by atoms with Gasteiger partial charge in [0.15, 0.2) is 0 Å². The van der Waals surface area contributed by atoms with Crippen LogP contribution in [0.5, 0.6) is 0 Å². The number of aliphatic imine (C=N–C) groups is 1. The standard InChI is InChI=1S/C12H18N4/c13-15-12-6-8-16(9-7-14-12)10-11-4-2-1-3-5-11/h1-5H,6-10,13H2,(H,14,15). The number of nitrogens with two attached hydrogens (primary N) is 1. The van der Waals surface area contributed by atoms with Crippen molar-refractivity contribution in [3.8, 4) is 0 Å². The second kappa shape index (κ2) is 5.63. The molecule has 0 saturated carbocycles. The molecule has 0 radical (unpaired) electrons. The Morgan fingerprint density at radius 2 is 2.06 bits per heavy atom. The molecule has 0 aromatic heterocycles. The van der Waals surface area contributed by atoms with Crippen LogP contribution in [0.4, 0.5) is 0 Å². The second-order valence-corrected chi connectivity index (χ2v) is 3.98. The SMILES string of the molecule is NNC1=NCCN(Cc2ccccc2)CC1. The lowest BCUT2D eigenvalue weighted by Gasteiger charge is -2.19. The van der Waals surface area contributed by atoms with Crippen molar-refractivity contribution in [2.24, 2.45) is 10.8 Å². The first-order valence-electron chi connectivity index (χ1n) is 5.64. The van der Waals surface area contributed by atoms with Gasteiger partial charge in [-0.1, -0.05) is 30.3 Å². The average molecular weight is 218 g/mol. The predicted octanol–water partition coefficient (Wildman–Crippen LogP) is 0.754.